The standard InChI is InChI=1S/C18H16BrFN2/c1-21-17-8-15(14-7-11(20)3-5-12(14)17)16-9-22-18-6-10(19)2-4-13(16)18/h2-7,9,15,17,21-22H,8H2,1H3/t15-,17+/m0/s1. The van der Waals surface area contributed by atoms with E-state index in [1.165, 1.54) is 16.5 Å². The van der Waals surface area contributed by atoms with Crippen LogP contribution in [0.5, 0.6) is 0 Å². The number of hydrogen-bond donors (Lipinski definition) is 2. The molecule has 0 aliphatic heterocycles. The van der Waals surface area contributed by atoms with Gasteiger partial charge in [-0.25, -0.2) is 4.39 Å². The van der Waals surface area contributed by atoms with Crippen LogP contribution in [0.2, 0.25) is 0 Å². The van der Waals surface area contributed by atoms with Crippen molar-refractivity contribution in [1.82, 2.24) is 10.3 Å². The van der Waals surface area contributed by atoms with Crippen molar-refractivity contribution in [2.45, 2.75) is 18.4 Å². The molecule has 0 amide bonds. The smallest absolute Gasteiger partial charge is 0.123 e. The first kappa shape index (κ1) is 14.0. The second kappa shape index (κ2) is 5.21. The van der Waals surface area contributed by atoms with Crippen molar-refractivity contribution in [2.24, 2.45) is 0 Å². The van der Waals surface area contributed by atoms with E-state index in [2.05, 4.69) is 50.6 Å². The highest BCUT2D eigenvalue weighted by molar-refractivity contribution is 9.10. The number of aromatic nitrogens is 1. The summed E-state index contributed by atoms with van der Waals surface area (Å²) < 4.78 is 14.8. The Balaban J connectivity index is 1.88. The second-order valence-corrected chi connectivity index (χ2v) is 6.75. The van der Waals surface area contributed by atoms with Gasteiger partial charge in [0.25, 0.3) is 0 Å². The van der Waals surface area contributed by atoms with Crippen molar-refractivity contribution < 1.29 is 4.39 Å². The lowest BCUT2D eigenvalue weighted by Crippen LogP contribution is -2.13. The zero-order valence-corrected chi connectivity index (χ0v) is 13.7. The molecular weight excluding hydrogens is 343 g/mol. The zero-order chi connectivity index (χ0) is 15.3. The summed E-state index contributed by atoms with van der Waals surface area (Å²) in [6.45, 7) is 0. The van der Waals surface area contributed by atoms with Crippen LogP contribution in [0.4, 0.5) is 4.39 Å². The Hall–Kier alpha value is -1.65. The summed E-state index contributed by atoms with van der Waals surface area (Å²) in [5, 5.41) is 4.56. The third-order valence-corrected chi connectivity index (χ3v) is 5.16. The van der Waals surface area contributed by atoms with E-state index in [9.17, 15) is 4.39 Å². The fraction of sp³-hybridized carbons (Fsp3) is 0.222. The van der Waals surface area contributed by atoms with Gasteiger partial charge in [-0.05, 0) is 54.4 Å². The van der Waals surface area contributed by atoms with Crippen LogP contribution in [-0.4, -0.2) is 12.0 Å². The molecular formula is C18H16BrFN2. The van der Waals surface area contributed by atoms with Crippen molar-refractivity contribution in [3.8, 4) is 0 Å². The molecule has 2 nitrogen and oxygen atoms in total. The van der Waals surface area contributed by atoms with Crippen LogP contribution in [0.15, 0.2) is 47.1 Å². The zero-order valence-electron chi connectivity index (χ0n) is 12.2. The van der Waals surface area contributed by atoms with Gasteiger partial charge in [0.05, 0.1) is 0 Å². The van der Waals surface area contributed by atoms with Crippen molar-refractivity contribution in [3.05, 3.63) is 69.6 Å². The highest BCUT2D eigenvalue weighted by Gasteiger charge is 2.32. The Morgan fingerprint density at radius 3 is 2.82 bits per heavy atom. The van der Waals surface area contributed by atoms with Crippen LogP contribution in [0, 0.1) is 5.82 Å². The minimum atomic E-state index is -0.164. The average Bonchev–Trinajstić information content (AvgIpc) is 3.07. The molecule has 2 N–H and O–H groups in total. The first-order valence-corrected chi connectivity index (χ1v) is 8.20. The minimum absolute atomic E-state index is 0.164. The van der Waals surface area contributed by atoms with Gasteiger partial charge in [-0.3, -0.25) is 0 Å². The van der Waals surface area contributed by atoms with E-state index >= 15 is 0 Å². The summed E-state index contributed by atoms with van der Waals surface area (Å²) in [6, 6.07) is 11.7. The molecule has 0 saturated carbocycles. The van der Waals surface area contributed by atoms with E-state index in [4.69, 9.17) is 0 Å². The Morgan fingerprint density at radius 2 is 2.00 bits per heavy atom. The minimum Gasteiger partial charge on any atom is -0.361 e. The van der Waals surface area contributed by atoms with Gasteiger partial charge >= 0.3 is 0 Å². The maximum atomic E-state index is 13.7. The average molecular weight is 359 g/mol. The molecule has 22 heavy (non-hydrogen) atoms. The molecule has 0 bridgehead atoms. The largest absolute Gasteiger partial charge is 0.361 e. The molecule has 2 aromatic carbocycles. The van der Waals surface area contributed by atoms with E-state index in [1.54, 1.807) is 12.1 Å². The van der Waals surface area contributed by atoms with Crippen molar-refractivity contribution in [2.75, 3.05) is 7.05 Å². The van der Waals surface area contributed by atoms with Crippen LogP contribution in [0.25, 0.3) is 10.9 Å². The molecule has 0 saturated heterocycles. The third kappa shape index (κ3) is 2.09. The Bertz CT molecular complexity index is 855. The van der Waals surface area contributed by atoms with Crippen LogP contribution >= 0.6 is 15.9 Å². The summed E-state index contributed by atoms with van der Waals surface area (Å²) in [5.41, 5.74) is 4.66. The SMILES string of the molecule is CN[C@@H]1C[C@H](c2c[nH]c3cc(Br)ccc23)c2cc(F)ccc21. The third-order valence-electron chi connectivity index (χ3n) is 4.67. The van der Waals surface area contributed by atoms with Gasteiger partial charge in [-0.2, -0.15) is 0 Å². The highest BCUT2D eigenvalue weighted by Crippen LogP contribution is 2.46. The van der Waals surface area contributed by atoms with Gasteiger partial charge in [-0.15, -0.1) is 0 Å². The van der Waals surface area contributed by atoms with Gasteiger partial charge in [0.2, 0.25) is 0 Å². The fourth-order valence-electron chi connectivity index (χ4n) is 3.63. The van der Waals surface area contributed by atoms with Gasteiger partial charge in [-0.1, -0.05) is 28.1 Å². The summed E-state index contributed by atoms with van der Waals surface area (Å²) in [7, 11) is 1.96. The first-order valence-electron chi connectivity index (χ1n) is 7.40. The summed E-state index contributed by atoms with van der Waals surface area (Å²) in [4.78, 5) is 3.34. The lowest BCUT2D eigenvalue weighted by Gasteiger charge is -2.11. The molecule has 1 aliphatic rings. The van der Waals surface area contributed by atoms with E-state index in [0.717, 1.165) is 22.0 Å². The summed E-state index contributed by atoms with van der Waals surface area (Å²) >= 11 is 3.50. The van der Waals surface area contributed by atoms with Gasteiger partial charge in [0.1, 0.15) is 5.82 Å². The van der Waals surface area contributed by atoms with E-state index in [-0.39, 0.29) is 17.8 Å². The predicted octanol–water partition coefficient (Wildman–Crippen LogP) is 4.87. The van der Waals surface area contributed by atoms with Gasteiger partial charge in [0, 0.05) is 33.5 Å². The number of aromatic amines is 1. The van der Waals surface area contributed by atoms with Gasteiger partial charge in [0.15, 0.2) is 0 Å². The van der Waals surface area contributed by atoms with Crippen LogP contribution in [0.1, 0.15) is 35.1 Å². The number of halogens is 2. The number of H-pyrrole nitrogens is 1. The number of benzene rings is 2. The fourth-order valence-corrected chi connectivity index (χ4v) is 3.99. The molecule has 112 valence electrons. The van der Waals surface area contributed by atoms with Crippen molar-refractivity contribution in [3.63, 3.8) is 0 Å². The second-order valence-electron chi connectivity index (χ2n) is 5.84. The number of rotatable bonds is 2. The quantitative estimate of drug-likeness (QED) is 0.672. The van der Waals surface area contributed by atoms with Gasteiger partial charge < -0.3 is 10.3 Å². The van der Waals surface area contributed by atoms with E-state index in [0.29, 0.717) is 0 Å². The number of hydrogen-bond acceptors (Lipinski definition) is 1. The normalized spacial score (nSPS) is 20.5. The summed E-state index contributed by atoms with van der Waals surface area (Å²) in [6.07, 6.45) is 3.02. The molecule has 1 heterocycles. The Morgan fingerprint density at radius 1 is 1.14 bits per heavy atom. The Labute approximate surface area is 136 Å². The molecule has 0 radical (unpaired) electrons. The van der Waals surface area contributed by atoms with Crippen LogP contribution < -0.4 is 5.32 Å². The molecule has 0 spiro atoms. The van der Waals surface area contributed by atoms with E-state index in [1.807, 2.05) is 13.1 Å². The molecule has 0 unspecified atom stereocenters. The molecule has 2 atom stereocenters. The molecule has 0 fully saturated rings. The topological polar surface area (TPSA) is 27.8 Å². The molecule has 4 heteroatoms. The maximum absolute atomic E-state index is 13.7. The predicted molar refractivity (Wildman–Crippen MR) is 90.7 cm³/mol. The van der Waals surface area contributed by atoms with Crippen LogP contribution in [0.3, 0.4) is 0 Å². The lowest BCUT2D eigenvalue weighted by atomic mass is 9.92. The monoisotopic (exact) mass is 358 g/mol. The molecule has 4 rings (SSSR count). The number of fused-ring (bicyclic) bond motifs is 2. The van der Waals surface area contributed by atoms with E-state index < -0.39 is 0 Å². The molecule has 1 aromatic heterocycles. The van der Waals surface area contributed by atoms with Crippen LogP contribution in [-0.2, 0) is 0 Å². The maximum Gasteiger partial charge on any atom is 0.123 e. The molecule has 3 aromatic rings. The Kier molecular flexibility index (Phi) is 3.31. The summed E-state index contributed by atoms with van der Waals surface area (Å²) in [5.74, 6) is 0.0566. The highest BCUT2D eigenvalue weighted by atomic mass is 79.9. The molecule has 1 aliphatic carbocycles. The lowest BCUT2D eigenvalue weighted by molar-refractivity contribution is 0.566. The first-order chi connectivity index (χ1) is 10.7. The van der Waals surface area contributed by atoms with Crippen molar-refractivity contribution in [1.29, 1.82) is 0 Å². The number of nitrogens with one attached hydrogen (secondary N) is 2. The van der Waals surface area contributed by atoms with Crippen molar-refractivity contribution >= 4 is 26.8 Å².